The molecule has 0 unspecified atom stereocenters. The number of benzene rings is 1. The van der Waals surface area contributed by atoms with E-state index >= 15 is 0 Å². The zero-order valence-electron chi connectivity index (χ0n) is 9.82. The predicted molar refractivity (Wildman–Crippen MR) is 69.4 cm³/mol. The van der Waals surface area contributed by atoms with E-state index in [0.29, 0.717) is 0 Å². The molecule has 0 amide bonds. The van der Waals surface area contributed by atoms with E-state index in [-0.39, 0.29) is 22.2 Å². The van der Waals surface area contributed by atoms with Gasteiger partial charge in [-0.2, -0.15) is 0 Å². The van der Waals surface area contributed by atoms with Gasteiger partial charge in [-0.15, -0.1) is 0 Å². The van der Waals surface area contributed by atoms with Gasteiger partial charge in [-0.05, 0) is 12.1 Å². The number of halogens is 1. The monoisotopic (exact) mass is 294 g/mol. The highest BCUT2D eigenvalue weighted by Crippen LogP contribution is 2.32. The lowest BCUT2D eigenvalue weighted by Gasteiger charge is -2.07. The Morgan fingerprint density at radius 3 is 2.75 bits per heavy atom. The van der Waals surface area contributed by atoms with Crippen LogP contribution in [-0.2, 0) is 0 Å². The molecule has 2 aromatic rings. The fourth-order valence-electron chi connectivity index (χ4n) is 1.46. The molecule has 1 aromatic carbocycles. The van der Waals surface area contributed by atoms with E-state index in [0.717, 1.165) is 6.07 Å². The van der Waals surface area contributed by atoms with Gasteiger partial charge in [0, 0.05) is 6.07 Å². The molecule has 1 heterocycles. The minimum Gasteiger partial charge on any atom is -0.478 e. The first-order valence-corrected chi connectivity index (χ1v) is 5.67. The molecule has 20 heavy (non-hydrogen) atoms. The third-order valence-electron chi connectivity index (χ3n) is 2.32. The summed E-state index contributed by atoms with van der Waals surface area (Å²) < 4.78 is 5.23. The molecule has 0 radical (unpaired) electrons. The Kier molecular flexibility index (Phi) is 3.81. The Hall–Kier alpha value is -2.67. The molecular weight excluding hydrogens is 288 g/mol. The minimum absolute atomic E-state index is 0.0436. The number of hydrogen-bond donors (Lipinski definition) is 1. The van der Waals surface area contributed by atoms with Crippen molar-refractivity contribution in [2.45, 2.75) is 0 Å². The Morgan fingerprint density at radius 1 is 1.40 bits per heavy atom. The molecule has 0 aliphatic rings. The number of aromatic carboxylic acids is 1. The van der Waals surface area contributed by atoms with Crippen LogP contribution < -0.4 is 4.74 Å². The number of nitrogens with zero attached hydrogens (tertiary/aromatic N) is 2. The van der Waals surface area contributed by atoms with Gasteiger partial charge in [0.1, 0.15) is 11.3 Å². The average Bonchev–Trinajstić information content (AvgIpc) is 2.41. The number of hydrogen-bond acceptors (Lipinski definition) is 5. The molecule has 2 rings (SSSR count). The van der Waals surface area contributed by atoms with Crippen LogP contribution in [0.2, 0.25) is 5.02 Å². The maximum absolute atomic E-state index is 11.0. The molecule has 1 N–H and O–H groups in total. The molecule has 0 bridgehead atoms. The maximum atomic E-state index is 11.0. The zero-order valence-corrected chi connectivity index (χ0v) is 10.6. The van der Waals surface area contributed by atoms with E-state index in [4.69, 9.17) is 21.4 Å². The summed E-state index contributed by atoms with van der Waals surface area (Å²) in [4.78, 5) is 24.9. The predicted octanol–water partition coefficient (Wildman–Crippen LogP) is 3.13. The van der Waals surface area contributed by atoms with Crippen LogP contribution in [0.25, 0.3) is 0 Å². The van der Waals surface area contributed by atoms with Gasteiger partial charge < -0.3 is 9.84 Å². The summed E-state index contributed by atoms with van der Waals surface area (Å²) in [6.45, 7) is 0. The quantitative estimate of drug-likeness (QED) is 0.686. The molecule has 0 atom stereocenters. The summed E-state index contributed by atoms with van der Waals surface area (Å²) in [5.41, 5.74) is -0.573. The first kappa shape index (κ1) is 13.8. The number of aromatic nitrogens is 1. The fraction of sp³-hybridized carbons (Fsp3) is 0. The number of para-hydroxylation sites is 1. The van der Waals surface area contributed by atoms with E-state index < -0.39 is 16.6 Å². The number of rotatable bonds is 4. The summed E-state index contributed by atoms with van der Waals surface area (Å²) >= 11 is 5.63. The van der Waals surface area contributed by atoms with E-state index in [9.17, 15) is 14.9 Å². The highest BCUT2D eigenvalue weighted by molar-refractivity contribution is 6.30. The second kappa shape index (κ2) is 5.54. The van der Waals surface area contributed by atoms with Gasteiger partial charge in [-0.25, -0.2) is 9.78 Å². The van der Waals surface area contributed by atoms with Gasteiger partial charge >= 0.3 is 11.7 Å². The summed E-state index contributed by atoms with van der Waals surface area (Å²) in [7, 11) is 0. The highest BCUT2D eigenvalue weighted by Gasteiger charge is 2.20. The van der Waals surface area contributed by atoms with E-state index in [1.807, 2.05) is 0 Å². The van der Waals surface area contributed by atoms with Crippen LogP contribution in [0.15, 0.2) is 36.5 Å². The van der Waals surface area contributed by atoms with Gasteiger partial charge in [0.05, 0.1) is 16.1 Å². The van der Waals surface area contributed by atoms with Gasteiger partial charge in [0.25, 0.3) is 5.88 Å². The Labute approximate surface area is 117 Å². The summed E-state index contributed by atoms with van der Waals surface area (Å²) in [6.07, 6.45) is 1.17. The normalized spacial score (nSPS) is 10.1. The maximum Gasteiger partial charge on any atom is 0.339 e. The molecule has 0 saturated carbocycles. The molecule has 0 aliphatic carbocycles. The number of carboxylic acids is 1. The van der Waals surface area contributed by atoms with Gasteiger partial charge in [-0.3, -0.25) is 10.1 Å². The van der Waals surface area contributed by atoms with E-state index in [1.165, 1.54) is 24.4 Å². The van der Waals surface area contributed by atoms with Gasteiger partial charge in [0.15, 0.2) is 0 Å². The lowest BCUT2D eigenvalue weighted by Crippen LogP contribution is -2.02. The zero-order chi connectivity index (χ0) is 14.7. The van der Waals surface area contributed by atoms with Crippen LogP contribution in [0.4, 0.5) is 5.69 Å². The van der Waals surface area contributed by atoms with Crippen molar-refractivity contribution in [2.24, 2.45) is 0 Å². The molecule has 102 valence electrons. The molecule has 1 aromatic heterocycles. The summed E-state index contributed by atoms with van der Waals surface area (Å²) in [6, 6.07) is 6.83. The van der Waals surface area contributed by atoms with Crippen molar-refractivity contribution in [1.82, 2.24) is 4.98 Å². The second-order valence-corrected chi connectivity index (χ2v) is 4.07. The molecule has 7 nitrogen and oxygen atoms in total. The smallest absolute Gasteiger partial charge is 0.339 e. The van der Waals surface area contributed by atoms with Crippen LogP contribution in [-0.4, -0.2) is 21.0 Å². The van der Waals surface area contributed by atoms with Gasteiger partial charge in [0.2, 0.25) is 0 Å². The van der Waals surface area contributed by atoms with Crippen molar-refractivity contribution in [3.05, 3.63) is 57.2 Å². The van der Waals surface area contributed by atoms with Crippen LogP contribution >= 0.6 is 11.6 Å². The average molecular weight is 295 g/mol. The van der Waals surface area contributed by atoms with Crippen molar-refractivity contribution in [3.63, 3.8) is 0 Å². The van der Waals surface area contributed by atoms with Crippen molar-refractivity contribution >= 4 is 23.3 Å². The SMILES string of the molecule is O=C(O)c1ccccc1Oc1ncc(Cl)cc1[N+](=O)[O-]. The van der Waals surface area contributed by atoms with Crippen molar-refractivity contribution in [2.75, 3.05) is 0 Å². The summed E-state index contributed by atoms with van der Waals surface area (Å²) in [5, 5.41) is 20.0. The third kappa shape index (κ3) is 2.83. The molecule has 0 fully saturated rings. The highest BCUT2D eigenvalue weighted by atomic mass is 35.5. The Balaban J connectivity index is 2.45. The van der Waals surface area contributed by atoms with Crippen LogP contribution in [0.3, 0.4) is 0 Å². The minimum atomic E-state index is -1.21. The first-order chi connectivity index (χ1) is 9.49. The molecule has 8 heteroatoms. The van der Waals surface area contributed by atoms with Crippen LogP contribution in [0.1, 0.15) is 10.4 Å². The lowest BCUT2D eigenvalue weighted by atomic mass is 10.2. The van der Waals surface area contributed by atoms with E-state index in [2.05, 4.69) is 4.98 Å². The number of ether oxygens (including phenoxy) is 1. The molecule has 0 spiro atoms. The number of nitro groups is 1. The topological polar surface area (TPSA) is 103 Å². The standard InChI is InChI=1S/C12H7ClN2O5/c13-7-5-9(15(18)19)11(14-6-7)20-10-4-2-1-3-8(10)12(16)17/h1-6H,(H,16,17). The van der Waals surface area contributed by atoms with Crippen LogP contribution in [0, 0.1) is 10.1 Å². The van der Waals surface area contributed by atoms with E-state index in [1.54, 1.807) is 6.07 Å². The van der Waals surface area contributed by atoms with Crippen LogP contribution in [0.5, 0.6) is 11.6 Å². The number of carbonyl (C=O) groups is 1. The first-order valence-electron chi connectivity index (χ1n) is 5.29. The number of pyridine rings is 1. The van der Waals surface area contributed by atoms with Crippen molar-refractivity contribution in [1.29, 1.82) is 0 Å². The Bertz CT molecular complexity index is 689. The van der Waals surface area contributed by atoms with Crippen molar-refractivity contribution < 1.29 is 19.6 Å². The largest absolute Gasteiger partial charge is 0.478 e. The second-order valence-electron chi connectivity index (χ2n) is 3.64. The fourth-order valence-corrected chi connectivity index (χ4v) is 1.61. The molecule has 0 saturated heterocycles. The lowest BCUT2D eigenvalue weighted by molar-refractivity contribution is -0.386. The Morgan fingerprint density at radius 2 is 2.10 bits per heavy atom. The molecular formula is C12H7ClN2O5. The van der Waals surface area contributed by atoms with Gasteiger partial charge in [-0.1, -0.05) is 23.7 Å². The van der Waals surface area contributed by atoms with Crippen molar-refractivity contribution in [3.8, 4) is 11.6 Å². The summed E-state index contributed by atoms with van der Waals surface area (Å²) in [5.74, 6) is -1.58. The number of carboxylic acid groups (broad SMARTS) is 1. The molecule has 0 aliphatic heterocycles. The third-order valence-corrected chi connectivity index (χ3v) is 2.53.